The number of fused-ring (bicyclic) bond motifs is 1. The largest absolute Gasteiger partial charge is 0.351 e. The lowest BCUT2D eigenvalue weighted by Crippen LogP contribution is -2.30. The fraction of sp³-hybridized carbons (Fsp3) is 0.111. The van der Waals surface area contributed by atoms with Crippen molar-refractivity contribution < 1.29 is 22.0 Å². The smallest absolute Gasteiger partial charge is 0.244 e. The molecule has 2 N–H and O–H groups in total. The third kappa shape index (κ3) is 5.13. The Balaban J connectivity index is 1.52. The van der Waals surface area contributed by atoms with Gasteiger partial charge in [0.2, 0.25) is 15.9 Å². The highest BCUT2D eigenvalue weighted by molar-refractivity contribution is 7.92. The van der Waals surface area contributed by atoms with Crippen molar-refractivity contribution in [3.63, 3.8) is 0 Å². The number of aromatic nitrogens is 2. The van der Waals surface area contributed by atoms with Crippen LogP contribution in [0.15, 0.2) is 54.9 Å². The van der Waals surface area contributed by atoms with E-state index >= 15 is 0 Å². The summed E-state index contributed by atoms with van der Waals surface area (Å²) in [6.07, 6.45) is 5.32. The average Bonchev–Trinajstić information content (AvgIpc) is 3.09. The zero-order chi connectivity index (χ0) is 20.1. The van der Waals surface area contributed by atoms with E-state index in [0.717, 1.165) is 35.9 Å². The van der Waals surface area contributed by atoms with Crippen LogP contribution in [0.25, 0.3) is 11.6 Å². The number of rotatable bonds is 7. The molecule has 146 valence electrons. The summed E-state index contributed by atoms with van der Waals surface area (Å²) in [6, 6.07) is 7.78. The zero-order valence-electron chi connectivity index (χ0n) is 14.5. The van der Waals surface area contributed by atoms with E-state index in [1.54, 1.807) is 35.1 Å². The molecule has 0 saturated carbocycles. The predicted molar refractivity (Wildman–Crippen MR) is 101 cm³/mol. The maximum atomic E-state index is 13.5. The number of pyridine rings is 1. The molecule has 1 aromatic carbocycles. The van der Waals surface area contributed by atoms with Crippen molar-refractivity contribution in [3.05, 3.63) is 72.1 Å². The van der Waals surface area contributed by atoms with Crippen LogP contribution in [-0.2, 0) is 14.8 Å². The van der Waals surface area contributed by atoms with Crippen LogP contribution >= 0.6 is 0 Å². The Bertz CT molecular complexity index is 1140. The van der Waals surface area contributed by atoms with Gasteiger partial charge in [-0.3, -0.25) is 9.52 Å². The summed E-state index contributed by atoms with van der Waals surface area (Å²) in [5.74, 6) is -2.29. The number of hydrogen-bond donors (Lipinski definition) is 2. The minimum absolute atomic E-state index is 0.0836. The highest BCUT2D eigenvalue weighted by atomic mass is 32.2. The predicted octanol–water partition coefficient (Wildman–Crippen LogP) is 2.18. The zero-order valence-corrected chi connectivity index (χ0v) is 15.3. The summed E-state index contributed by atoms with van der Waals surface area (Å²) in [5, 5.41) is 6.40. The molecule has 0 aliphatic heterocycles. The van der Waals surface area contributed by atoms with Gasteiger partial charge in [0, 0.05) is 30.6 Å². The summed E-state index contributed by atoms with van der Waals surface area (Å²) in [4.78, 5) is 11.7. The van der Waals surface area contributed by atoms with E-state index < -0.39 is 27.6 Å². The molecule has 0 aliphatic carbocycles. The van der Waals surface area contributed by atoms with Crippen LogP contribution in [0.5, 0.6) is 0 Å². The summed E-state index contributed by atoms with van der Waals surface area (Å²) in [7, 11) is -3.69. The Labute approximate surface area is 159 Å². The number of halogens is 2. The normalized spacial score (nSPS) is 11.8. The molecule has 7 nitrogen and oxygen atoms in total. The molecule has 10 heteroatoms. The van der Waals surface area contributed by atoms with Crippen LogP contribution in [0.3, 0.4) is 0 Å². The molecule has 2 aromatic heterocycles. The van der Waals surface area contributed by atoms with Crippen LogP contribution < -0.4 is 10.0 Å². The first-order valence-corrected chi connectivity index (χ1v) is 9.82. The highest BCUT2D eigenvalue weighted by Crippen LogP contribution is 2.13. The average molecular weight is 406 g/mol. The van der Waals surface area contributed by atoms with Crippen molar-refractivity contribution in [1.82, 2.24) is 14.9 Å². The molecule has 0 saturated heterocycles. The Hall–Kier alpha value is -3.27. The quantitative estimate of drug-likeness (QED) is 0.589. The van der Waals surface area contributed by atoms with Gasteiger partial charge in [-0.2, -0.15) is 5.10 Å². The van der Waals surface area contributed by atoms with Gasteiger partial charge in [-0.05, 0) is 42.5 Å². The SMILES string of the molecule is O=C(/C=C/c1cc(F)ccc1F)NCCS(=O)(=O)Nc1ccn2nccc2c1. The lowest BCUT2D eigenvalue weighted by Gasteiger charge is -2.08. The molecule has 1 amide bonds. The fourth-order valence-electron chi connectivity index (χ4n) is 2.39. The van der Waals surface area contributed by atoms with Crippen LogP contribution in [0.1, 0.15) is 5.56 Å². The summed E-state index contributed by atoms with van der Waals surface area (Å²) < 4.78 is 54.8. The van der Waals surface area contributed by atoms with E-state index in [4.69, 9.17) is 0 Å². The van der Waals surface area contributed by atoms with Gasteiger partial charge < -0.3 is 5.32 Å². The maximum Gasteiger partial charge on any atom is 0.244 e. The number of amides is 1. The van der Waals surface area contributed by atoms with Gasteiger partial charge in [-0.1, -0.05) is 0 Å². The first kappa shape index (κ1) is 19.5. The van der Waals surface area contributed by atoms with Crippen LogP contribution in [0, 0.1) is 11.6 Å². The Morgan fingerprint density at radius 1 is 1.18 bits per heavy atom. The fourth-order valence-corrected chi connectivity index (χ4v) is 3.35. The molecule has 0 fully saturated rings. The summed E-state index contributed by atoms with van der Waals surface area (Å²) in [6.45, 7) is -0.154. The van der Waals surface area contributed by atoms with Crippen molar-refractivity contribution in [3.8, 4) is 0 Å². The second-order valence-corrected chi connectivity index (χ2v) is 7.67. The molecular formula is C18H16F2N4O3S. The van der Waals surface area contributed by atoms with Crippen LogP contribution in [-0.4, -0.2) is 36.2 Å². The van der Waals surface area contributed by atoms with Gasteiger partial charge in [-0.25, -0.2) is 21.7 Å². The van der Waals surface area contributed by atoms with E-state index in [1.165, 1.54) is 0 Å². The topological polar surface area (TPSA) is 92.6 Å². The third-order valence-corrected chi connectivity index (χ3v) is 5.00. The Morgan fingerprint density at radius 2 is 2.00 bits per heavy atom. The molecular weight excluding hydrogens is 390 g/mol. The van der Waals surface area contributed by atoms with Gasteiger partial charge in [0.05, 0.1) is 17.0 Å². The van der Waals surface area contributed by atoms with E-state index in [-0.39, 0.29) is 17.9 Å². The Morgan fingerprint density at radius 3 is 2.82 bits per heavy atom. The Kier molecular flexibility index (Phi) is 5.69. The van der Waals surface area contributed by atoms with E-state index in [1.807, 2.05) is 0 Å². The highest BCUT2D eigenvalue weighted by Gasteiger charge is 2.11. The molecule has 2 heterocycles. The number of nitrogens with zero attached hydrogens (tertiary/aromatic N) is 2. The number of nitrogens with one attached hydrogen (secondary N) is 2. The molecule has 28 heavy (non-hydrogen) atoms. The standard InChI is InChI=1S/C18H16F2N4O3S/c19-14-2-3-17(20)13(11-14)1-4-18(25)21-8-10-28(26,27)23-15-6-9-24-16(12-15)5-7-22-24/h1-7,9,11-12,23H,8,10H2,(H,21,25)/b4-1+. The van der Waals surface area contributed by atoms with Crippen molar-refractivity contribution in [2.45, 2.75) is 0 Å². The number of hydrogen-bond acceptors (Lipinski definition) is 4. The molecule has 0 bridgehead atoms. The van der Waals surface area contributed by atoms with Crippen molar-refractivity contribution >= 4 is 33.2 Å². The van der Waals surface area contributed by atoms with E-state index in [0.29, 0.717) is 5.69 Å². The van der Waals surface area contributed by atoms with Crippen molar-refractivity contribution in [1.29, 1.82) is 0 Å². The maximum absolute atomic E-state index is 13.5. The van der Waals surface area contributed by atoms with Gasteiger partial charge in [-0.15, -0.1) is 0 Å². The van der Waals surface area contributed by atoms with Crippen LogP contribution in [0.2, 0.25) is 0 Å². The van der Waals surface area contributed by atoms with E-state index in [9.17, 15) is 22.0 Å². The number of benzene rings is 1. The molecule has 3 aromatic rings. The third-order valence-electron chi connectivity index (χ3n) is 3.72. The molecule has 0 aliphatic rings. The van der Waals surface area contributed by atoms with Crippen molar-refractivity contribution in [2.24, 2.45) is 0 Å². The number of sulfonamides is 1. The van der Waals surface area contributed by atoms with E-state index in [2.05, 4.69) is 15.1 Å². The number of carbonyl (C=O) groups excluding carboxylic acids is 1. The first-order valence-electron chi connectivity index (χ1n) is 8.17. The summed E-state index contributed by atoms with van der Waals surface area (Å²) >= 11 is 0. The van der Waals surface area contributed by atoms with Gasteiger partial charge in [0.25, 0.3) is 0 Å². The summed E-state index contributed by atoms with van der Waals surface area (Å²) in [5.41, 5.74) is 1.02. The van der Waals surface area contributed by atoms with Gasteiger partial charge >= 0.3 is 0 Å². The molecule has 3 rings (SSSR count). The lowest BCUT2D eigenvalue weighted by molar-refractivity contribution is -0.116. The van der Waals surface area contributed by atoms with Gasteiger partial charge in [0.15, 0.2) is 0 Å². The van der Waals surface area contributed by atoms with Crippen LogP contribution in [0.4, 0.5) is 14.5 Å². The lowest BCUT2D eigenvalue weighted by atomic mass is 10.2. The number of anilines is 1. The van der Waals surface area contributed by atoms with Crippen molar-refractivity contribution in [2.75, 3.05) is 17.0 Å². The monoisotopic (exact) mass is 406 g/mol. The molecule has 0 unspecified atom stereocenters. The second-order valence-electron chi connectivity index (χ2n) is 5.83. The minimum atomic E-state index is -3.69. The number of carbonyl (C=O) groups is 1. The minimum Gasteiger partial charge on any atom is -0.351 e. The second kappa shape index (κ2) is 8.17. The van der Waals surface area contributed by atoms with Gasteiger partial charge in [0.1, 0.15) is 11.6 Å². The molecule has 0 spiro atoms. The first-order chi connectivity index (χ1) is 13.3. The molecule has 0 radical (unpaired) electrons. The molecule has 0 atom stereocenters.